The fraction of sp³-hybridized carbons (Fsp3) is 0.208. The van der Waals surface area contributed by atoms with E-state index in [0.717, 1.165) is 0 Å². The number of anilines is 3. The van der Waals surface area contributed by atoms with E-state index in [1.54, 1.807) is 42.5 Å². The molecular weight excluding hydrogens is 461 g/mol. The van der Waals surface area contributed by atoms with Crippen molar-refractivity contribution in [2.45, 2.75) is 4.90 Å². The van der Waals surface area contributed by atoms with Crippen LogP contribution in [0.25, 0.3) is 0 Å². The molecule has 0 aliphatic carbocycles. The van der Waals surface area contributed by atoms with Crippen LogP contribution in [-0.4, -0.2) is 47.7 Å². The number of amides is 1. The summed E-state index contributed by atoms with van der Waals surface area (Å²) in [6.45, 7) is 1.98. The van der Waals surface area contributed by atoms with Crippen LogP contribution in [-0.2, 0) is 14.8 Å². The predicted molar refractivity (Wildman–Crippen MR) is 128 cm³/mol. The van der Waals surface area contributed by atoms with Crippen molar-refractivity contribution in [3.8, 4) is 5.75 Å². The van der Waals surface area contributed by atoms with E-state index in [0.29, 0.717) is 43.4 Å². The highest BCUT2D eigenvalue weighted by molar-refractivity contribution is 7.92. The normalized spacial score (nSPS) is 13.9. The van der Waals surface area contributed by atoms with E-state index in [-0.39, 0.29) is 16.1 Å². The SMILES string of the molecule is COc1ccc(NS(=O)(=O)c2cc(NC(=O)c3ccccc3F)ccc2N2CCOCC2)cc1. The molecule has 1 aliphatic rings. The molecule has 1 amide bonds. The number of sulfonamides is 1. The summed E-state index contributed by atoms with van der Waals surface area (Å²) in [6, 6.07) is 16.6. The summed E-state index contributed by atoms with van der Waals surface area (Å²) in [5.41, 5.74) is 0.920. The molecule has 178 valence electrons. The number of carbonyl (C=O) groups excluding carboxylic acids is 1. The molecule has 4 rings (SSSR count). The van der Waals surface area contributed by atoms with Crippen LogP contribution < -0.4 is 19.7 Å². The highest BCUT2D eigenvalue weighted by Gasteiger charge is 2.25. The third-order valence-electron chi connectivity index (χ3n) is 5.32. The molecule has 3 aromatic rings. The van der Waals surface area contributed by atoms with Gasteiger partial charge in [0.25, 0.3) is 15.9 Å². The lowest BCUT2D eigenvalue weighted by Crippen LogP contribution is -2.37. The van der Waals surface area contributed by atoms with Crippen LogP contribution in [0.4, 0.5) is 21.5 Å². The van der Waals surface area contributed by atoms with E-state index in [4.69, 9.17) is 9.47 Å². The highest BCUT2D eigenvalue weighted by Crippen LogP contribution is 2.31. The van der Waals surface area contributed by atoms with Crippen molar-refractivity contribution in [1.29, 1.82) is 0 Å². The van der Waals surface area contributed by atoms with Gasteiger partial charge < -0.3 is 19.7 Å². The Labute approximate surface area is 197 Å². The molecule has 0 saturated carbocycles. The summed E-state index contributed by atoms with van der Waals surface area (Å²) in [4.78, 5) is 14.5. The number of nitrogens with one attached hydrogen (secondary N) is 2. The molecule has 0 bridgehead atoms. The van der Waals surface area contributed by atoms with E-state index < -0.39 is 21.7 Å². The van der Waals surface area contributed by atoms with Gasteiger partial charge in [-0.1, -0.05) is 12.1 Å². The van der Waals surface area contributed by atoms with Crippen molar-refractivity contribution in [1.82, 2.24) is 0 Å². The van der Waals surface area contributed by atoms with Crippen LogP contribution in [0, 0.1) is 5.82 Å². The van der Waals surface area contributed by atoms with Crippen LogP contribution in [0.2, 0.25) is 0 Å². The van der Waals surface area contributed by atoms with Crippen LogP contribution in [0.15, 0.2) is 71.6 Å². The van der Waals surface area contributed by atoms with Crippen molar-refractivity contribution in [2.75, 3.05) is 48.4 Å². The number of rotatable bonds is 7. The van der Waals surface area contributed by atoms with E-state index in [1.807, 2.05) is 4.90 Å². The number of halogens is 1. The quantitative estimate of drug-likeness (QED) is 0.530. The number of hydrogen-bond acceptors (Lipinski definition) is 6. The zero-order valence-electron chi connectivity index (χ0n) is 18.5. The summed E-state index contributed by atoms with van der Waals surface area (Å²) in [5.74, 6) is -0.752. The summed E-state index contributed by atoms with van der Waals surface area (Å²) in [5, 5.41) is 2.59. The summed E-state index contributed by atoms with van der Waals surface area (Å²) >= 11 is 0. The maximum atomic E-state index is 14.0. The molecule has 0 radical (unpaired) electrons. The van der Waals surface area contributed by atoms with Gasteiger partial charge in [0.15, 0.2) is 0 Å². The van der Waals surface area contributed by atoms with Crippen LogP contribution in [0.3, 0.4) is 0 Å². The van der Waals surface area contributed by atoms with Crippen LogP contribution in [0.5, 0.6) is 5.75 Å². The van der Waals surface area contributed by atoms with E-state index in [1.165, 1.54) is 31.4 Å². The van der Waals surface area contributed by atoms with Crippen LogP contribution >= 0.6 is 0 Å². The van der Waals surface area contributed by atoms with Gasteiger partial charge in [-0.05, 0) is 54.6 Å². The van der Waals surface area contributed by atoms with Crippen molar-refractivity contribution in [2.24, 2.45) is 0 Å². The molecule has 0 atom stereocenters. The average molecular weight is 486 g/mol. The number of ether oxygens (including phenoxy) is 2. The second kappa shape index (κ2) is 10.1. The molecular formula is C24H24FN3O5S. The fourth-order valence-corrected chi connectivity index (χ4v) is 4.90. The topological polar surface area (TPSA) is 97.0 Å². The maximum absolute atomic E-state index is 14.0. The second-order valence-corrected chi connectivity index (χ2v) is 9.20. The van der Waals surface area contributed by atoms with Gasteiger partial charge in [-0.2, -0.15) is 0 Å². The van der Waals surface area contributed by atoms with Gasteiger partial charge in [-0.25, -0.2) is 12.8 Å². The molecule has 2 N–H and O–H groups in total. The van der Waals surface area contributed by atoms with E-state index in [9.17, 15) is 17.6 Å². The molecule has 0 unspecified atom stereocenters. The zero-order valence-corrected chi connectivity index (χ0v) is 19.3. The number of hydrogen-bond donors (Lipinski definition) is 2. The molecule has 1 fully saturated rings. The number of morpholine rings is 1. The van der Waals surface area contributed by atoms with Gasteiger partial charge >= 0.3 is 0 Å². The summed E-state index contributed by atoms with van der Waals surface area (Å²) < 4.78 is 53.9. The highest BCUT2D eigenvalue weighted by atomic mass is 32.2. The molecule has 1 heterocycles. The first-order chi connectivity index (χ1) is 16.4. The molecule has 1 saturated heterocycles. The Morgan fingerprint density at radius 3 is 2.35 bits per heavy atom. The van der Waals surface area contributed by atoms with Gasteiger partial charge in [-0.3, -0.25) is 9.52 Å². The minimum Gasteiger partial charge on any atom is -0.497 e. The first-order valence-electron chi connectivity index (χ1n) is 10.6. The minimum atomic E-state index is -4.04. The van der Waals surface area contributed by atoms with Crippen LogP contribution in [0.1, 0.15) is 10.4 Å². The van der Waals surface area contributed by atoms with E-state index in [2.05, 4.69) is 10.0 Å². The fourth-order valence-electron chi connectivity index (χ4n) is 3.59. The van der Waals surface area contributed by atoms with Crippen molar-refractivity contribution in [3.63, 3.8) is 0 Å². The van der Waals surface area contributed by atoms with Crippen molar-refractivity contribution < 1.29 is 27.1 Å². The number of methoxy groups -OCH3 is 1. The Morgan fingerprint density at radius 1 is 1.00 bits per heavy atom. The predicted octanol–water partition coefficient (Wildman–Crippen LogP) is 3.72. The number of nitrogens with zero attached hydrogens (tertiary/aromatic N) is 1. The van der Waals surface area contributed by atoms with Gasteiger partial charge in [0.05, 0.1) is 31.6 Å². The Hall–Kier alpha value is -3.63. The molecule has 10 heteroatoms. The molecule has 34 heavy (non-hydrogen) atoms. The Kier molecular flexibility index (Phi) is 6.99. The smallest absolute Gasteiger partial charge is 0.264 e. The lowest BCUT2D eigenvalue weighted by Gasteiger charge is -2.30. The average Bonchev–Trinajstić information content (AvgIpc) is 2.85. The summed E-state index contributed by atoms with van der Waals surface area (Å²) in [6.07, 6.45) is 0. The maximum Gasteiger partial charge on any atom is 0.264 e. The number of carbonyl (C=O) groups is 1. The van der Waals surface area contributed by atoms with Gasteiger partial charge in [0.1, 0.15) is 16.5 Å². The monoisotopic (exact) mass is 485 g/mol. The Bertz CT molecular complexity index is 1280. The molecule has 0 aromatic heterocycles. The van der Waals surface area contributed by atoms with Crippen molar-refractivity contribution >= 4 is 33.0 Å². The molecule has 3 aromatic carbocycles. The Morgan fingerprint density at radius 2 is 1.68 bits per heavy atom. The summed E-state index contributed by atoms with van der Waals surface area (Å²) in [7, 11) is -2.52. The second-order valence-electron chi connectivity index (χ2n) is 7.55. The van der Waals surface area contributed by atoms with E-state index >= 15 is 0 Å². The van der Waals surface area contributed by atoms with Gasteiger partial charge in [0.2, 0.25) is 0 Å². The molecule has 1 aliphatic heterocycles. The first kappa shape index (κ1) is 23.5. The first-order valence-corrected chi connectivity index (χ1v) is 12.1. The minimum absolute atomic E-state index is 0.0171. The zero-order chi connectivity index (χ0) is 24.1. The van der Waals surface area contributed by atoms with Gasteiger partial charge in [0, 0.05) is 24.5 Å². The number of benzene rings is 3. The third-order valence-corrected chi connectivity index (χ3v) is 6.73. The van der Waals surface area contributed by atoms with Gasteiger partial charge in [-0.15, -0.1) is 0 Å². The molecule has 8 nitrogen and oxygen atoms in total. The largest absolute Gasteiger partial charge is 0.497 e. The van der Waals surface area contributed by atoms with Crippen molar-refractivity contribution in [3.05, 3.63) is 78.1 Å². The lowest BCUT2D eigenvalue weighted by molar-refractivity contribution is 0.102. The molecule has 0 spiro atoms. The lowest BCUT2D eigenvalue weighted by atomic mass is 10.2. The Balaban J connectivity index is 1.68. The third kappa shape index (κ3) is 5.29. The standard InChI is InChI=1S/C24H24FN3O5S/c1-32-19-9-6-17(7-10-19)27-34(30,31)23-16-18(8-11-22(23)28-12-14-33-15-13-28)26-24(29)20-4-2-3-5-21(20)25/h2-11,16,27H,12-15H2,1H3,(H,26,29).